The number of hydrogen-bond donors (Lipinski definition) is 1. The van der Waals surface area contributed by atoms with Crippen LogP contribution >= 0.6 is 0 Å². The summed E-state index contributed by atoms with van der Waals surface area (Å²) in [5.41, 5.74) is 1.07. The molecular weight excluding hydrogens is 162 g/mol. The van der Waals surface area contributed by atoms with E-state index in [2.05, 4.69) is 15.3 Å². The van der Waals surface area contributed by atoms with E-state index < -0.39 is 0 Å². The van der Waals surface area contributed by atoms with Gasteiger partial charge in [-0.05, 0) is 31.1 Å². The Balaban J connectivity index is 1.69. The summed E-state index contributed by atoms with van der Waals surface area (Å²) in [6.07, 6.45) is 9.44. The van der Waals surface area contributed by atoms with Crippen LogP contribution in [0.15, 0.2) is 18.7 Å². The lowest BCUT2D eigenvalue weighted by Gasteiger charge is -2.14. The van der Waals surface area contributed by atoms with Gasteiger partial charge in [0.25, 0.3) is 0 Å². The maximum Gasteiger partial charge on any atom is 0.115 e. The molecule has 68 valence electrons. The van der Waals surface area contributed by atoms with Crippen molar-refractivity contribution in [2.45, 2.75) is 25.3 Å². The van der Waals surface area contributed by atoms with Gasteiger partial charge < -0.3 is 5.32 Å². The molecule has 0 bridgehead atoms. The molecule has 0 amide bonds. The van der Waals surface area contributed by atoms with Crippen molar-refractivity contribution in [1.29, 1.82) is 0 Å². The summed E-state index contributed by atoms with van der Waals surface area (Å²) < 4.78 is 0. The second-order valence-corrected chi connectivity index (χ2v) is 4.11. The topological polar surface area (TPSA) is 37.8 Å². The molecule has 1 aromatic heterocycles. The smallest absolute Gasteiger partial charge is 0.115 e. The van der Waals surface area contributed by atoms with E-state index in [0.717, 1.165) is 17.5 Å². The first-order valence-corrected chi connectivity index (χ1v) is 4.95. The monoisotopic (exact) mass is 175 g/mol. The number of nitrogens with one attached hydrogen (secondary N) is 1. The predicted octanol–water partition coefficient (Wildman–Crippen LogP) is 1.69. The van der Waals surface area contributed by atoms with E-state index in [4.69, 9.17) is 0 Å². The maximum atomic E-state index is 3.99. The zero-order valence-corrected chi connectivity index (χ0v) is 7.48. The molecule has 1 N–H and O–H groups in total. The quantitative estimate of drug-likeness (QED) is 0.743. The second-order valence-electron chi connectivity index (χ2n) is 4.11. The highest BCUT2D eigenvalue weighted by Gasteiger charge is 2.47. The molecule has 2 aliphatic carbocycles. The van der Waals surface area contributed by atoms with Crippen molar-refractivity contribution < 1.29 is 0 Å². The van der Waals surface area contributed by atoms with Gasteiger partial charge >= 0.3 is 0 Å². The number of fused-ring (bicyclic) bond motifs is 1. The van der Waals surface area contributed by atoms with Crippen LogP contribution in [-0.2, 0) is 0 Å². The van der Waals surface area contributed by atoms with Crippen LogP contribution in [0.25, 0.3) is 0 Å². The molecule has 1 heterocycles. The fraction of sp³-hybridized carbons (Fsp3) is 0.600. The van der Waals surface area contributed by atoms with Crippen molar-refractivity contribution in [1.82, 2.24) is 9.97 Å². The molecule has 1 unspecified atom stereocenters. The predicted molar refractivity (Wildman–Crippen MR) is 50.3 cm³/mol. The number of aromatic nitrogens is 2. The third-order valence-corrected chi connectivity index (χ3v) is 3.26. The standard InChI is InChI=1S/C10H13N3/c1-2-10(9-3-7(1)9)13-8-4-11-6-12-5-8/h4-7,9-10,13H,1-3H2/t7-,9+,10?/m0/s1. The molecule has 0 radical (unpaired) electrons. The molecule has 2 fully saturated rings. The summed E-state index contributed by atoms with van der Waals surface area (Å²) in [6.45, 7) is 0. The minimum absolute atomic E-state index is 0.691. The SMILES string of the molecule is c1ncc(NC2CC[C@H]3C[C@@H]23)cn1. The van der Waals surface area contributed by atoms with E-state index in [-0.39, 0.29) is 0 Å². The molecule has 3 nitrogen and oxygen atoms in total. The maximum absolute atomic E-state index is 3.99. The van der Waals surface area contributed by atoms with Gasteiger partial charge in [-0.2, -0.15) is 0 Å². The van der Waals surface area contributed by atoms with E-state index in [1.54, 1.807) is 6.33 Å². The number of nitrogens with zero attached hydrogens (tertiary/aromatic N) is 2. The van der Waals surface area contributed by atoms with Crippen LogP contribution in [0.3, 0.4) is 0 Å². The molecule has 0 spiro atoms. The van der Waals surface area contributed by atoms with Crippen LogP contribution in [0.5, 0.6) is 0 Å². The average molecular weight is 175 g/mol. The van der Waals surface area contributed by atoms with Crippen molar-refractivity contribution in [3.05, 3.63) is 18.7 Å². The van der Waals surface area contributed by atoms with E-state index in [9.17, 15) is 0 Å². The van der Waals surface area contributed by atoms with Crippen LogP contribution < -0.4 is 5.32 Å². The second kappa shape index (κ2) is 2.69. The summed E-state index contributed by atoms with van der Waals surface area (Å²) >= 11 is 0. The summed E-state index contributed by atoms with van der Waals surface area (Å²) in [4.78, 5) is 7.98. The van der Waals surface area contributed by atoms with Crippen molar-refractivity contribution >= 4 is 5.69 Å². The van der Waals surface area contributed by atoms with Crippen LogP contribution in [-0.4, -0.2) is 16.0 Å². The van der Waals surface area contributed by atoms with Crippen LogP contribution in [0, 0.1) is 11.8 Å². The highest BCUT2D eigenvalue weighted by atomic mass is 15.0. The molecule has 2 aliphatic rings. The van der Waals surface area contributed by atoms with Crippen LogP contribution in [0.2, 0.25) is 0 Å². The van der Waals surface area contributed by atoms with E-state index in [1.807, 2.05) is 12.4 Å². The zero-order chi connectivity index (χ0) is 8.67. The molecule has 1 aromatic rings. The Hall–Kier alpha value is -1.12. The van der Waals surface area contributed by atoms with Gasteiger partial charge in [0.15, 0.2) is 0 Å². The first kappa shape index (κ1) is 7.30. The van der Waals surface area contributed by atoms with Crippen molar-refractivity contribution in [2.24, 2.45) is 11.8 Å². The molecule has 13 heavy (non-hydrogen) atoms. The van der Waals surface area contributed by atoms with Gasteiger partial charge in [-0.3, -0.25) is 0 Å². The summed E-state index contributed by atoms with van der Waals surface area (Å²) in [5.74, 6) is 1.97. The Kier molecular flexibility index (Phi) is 1.51. The van der Waals surface area contributed by atoms with Gasteiger partial charge in [-0.15, -0.1) is 0 Å². The Morgan fingerprint density at radius 2 is 2.08 bits per heavy atom. The first-order chi connectivity index (χ1) is 6.43. The average Bonchev–Trinajstić information content (AvgIpc) is 2.86. The lowest BCUT2D eigenvalue weighted by atomic mass is 10.2. The van der Waals surface area contributed by atoms with Gasteiger partial charge in [0.1, 0.15) is 6.33 Å². The molecule has 2 saturated carbocycles. The minimum atomic E-state index is 0.691. The lowest BCUT2D eigenvalue weighted by Crippen LogP contribution is -2.18. The molecular formula is C10H13N3. The third-order valence-electron chi connectivity index (χ3n) is 3.26. The Morgan fingerprint density at radius 3 is 2.69 bits per heavy atom. The highest BCUT2D eigenvalue weighted by molar-refractivity contribution is 5.39. The van der Waals surface area contributed by atoms with E-state index in [1.165, 1.54) is 19.3 Å². The molecule has 3 atom stereocenters. The summed E-state index contributed by atoms with van der Waals surface area (Å²) in [7, 11) is 0. The zero-order valence-electron chi connectivity index (χ0n) is 7.48. The molecule has 0 aliphatic heterocycles. The van der Waals surface area contributed by atoms with Crippen molar-refractivity contribution in [3.8, 4) is 0 Å². The van der Waals surface area contributed by atoms with Crippen LogP contribution in [0.4, 0.5) is 5.69 Å². The highest BCUT2D eigenvalue weighted by Crippen LogP contribution is 2.52. The Labute approximate surface area is 77.6 Å². The Bertz CT molecular complexity index is 298. The number of rotatable bonds is 2. The molecule has 3 rings (SSSR count). The molecule has 3 heteroatoms. The van der Waals surface area contributed by atoms with Crippen LogP contribution in [0.1, 0.15) is 19.3 Å². The van der Waals surface area contributed by atoms with Crippen molar-refractivity contribution in [2.75, 3.05) is 5.32 Å². The summed E-state index contributed by atoms with van der Waals surface area (Å²) in [6, 6.07) is 0.691. The lowest BCUT2D eigenvalue weighted by molar-refractivity contribution is 0.653. The largest absolute Gasteiger partial charge is 0.380 e. The van der Waals surface area contributed by atoms with Gasteiger partial charge in [0.2, 0.25) is 0 Å². The van der Waals surface area contributed by atoms with E-state index in [0.29, 0.717) is 6.04 Å². The minimum Gasteiger partial charge on any atom is -0.380 e. The first-order valence-electron chi connectivity index (χ1n) is 4.95. The molecule has 0 saturated heterocycles. The normalized spacial score (nSPS) is 35.5. The van der Waals surface area contributed by atoms with E-state index >= 15 is 0 Å². The van der Waals surface area contributed by atoms with Gasteiger partial charge in [0.05, 0.1) is 18.1 Å². The van der Waals surface area contributed by atoms with Gasteiger partial charge in [-0.25, -0.2) is 9.97 Å². The summed E-state index contributed by atoms with van der Waals surface area (Å²) in [5, 5.41) is 3.51. The number of anilines is 1. The Morgan fingerprint density at radius 1 is 1.23 bits per heavy atom. The van der Waals surface area contributed by atoms with Crippen molar-refractivity contribution in [3.63, 3.8) is 0 Å². The fourth-order valence-electron chi connectivity index (χ4n) is 2.47. The fourth-order valence-corrected chi connectivity index (χ4v) is 2.47. The number of hydrogen-bond acceptors (Lipinski definition) is 3. The van der Waals surface area contributed by atoms with Gasteiger partial charge in [-0.1, -0.05) is 0 Å². The van der Waals surface area contributed by atoms with Gasteiger partial charge in [0, 0.05) is 6.04 Å². The molecule has 0 aromatic carbocycles. The third kappa shape index (κ3) is 1.28.